The molecule has 0 aliphatic heterocycles. The zero-order chi connectivity index (χ0) is 12.4. The molecule has 0 amide bonds. The van der Waals surface area contributed by atoms with Crippen LogP contribution in [0.1, 0.15) is 17.3 Å². The van der Waals surface area contributed by atoms with Crippen LogP contribution in [0.25, 0.3) is 0 Å². The SMILES string of the molecule is COc1cnn(C)c1C(N)c1cccc(F)c1. The maximum atomic E-state index is 13.1. The highest BCUT2D eigenvalue weighted by Gasteiger charge is 2.18. The van der Waals surface area contributed by atoms with Gasteiger partial charge in [-0.3, -0.25) is 4.68 Å². The zero-order valence-corrected chi connectivity index (χ0v) is 9.72. The van der Waals surface area contributed by atoms with Crippen molar-refractivity contribution in [2.24, 2.45) is 12.8 Å². The number of hydrogen-bond donors (Lipinski definition) is 1. The van der Waals surface area contributed by atoms with Gasteiger partial charge >= 0.3 is 0 Å². The van der Waals surface area contributed by atoms with Gasteiger partial charge in [0.2, 0.25) is 0 Å². The molecule has 90 valence electrons. The van der Waals surface area contributed by atoms with Crippen LogP contribution >= 0.6 is 0 Å². The Balaban J connectivity index is 2.43. The van der Waals surface area contributed by atoms with E-state index < -0.39 is 6.04 Å². The Hall–Kier alpha value is -1.88. The maximum absolute atomic E-state index is 13.1. The first-order chi connectivity index (χ1) is 8.13. The molecule has 1 unspecified atom stereocenters. The van der Waals surface area contributed by atoms with Crippen molar-refractivity contribution in [3.05, 3.63) is 47.5 Å². The Labute approximate surface area is 98.8 Å². The van der Waals surface area contributed by atoms with Crippen LogP contribution in [0, 0.1) is 5.82 Å². The largest absolute Gasteiger partial charge is 0.493 e. The molecule has 2 N–H and O–H groups in total. The van der Waals surface area contributed by atoms with E-state index in [1.165, 1.54) is 12.1 Å². The first-order valence-electron chi connectivity index (χ1n) is 5.20. The van der Waals surface area contributed by atoms with Crippen molar-refractivity contribution < 1.29 is 9.13 Å². The van der Waals surface area contributed by atoms with Crippen LogP contribution in [0.2, 0.25) is 0 Å². The van der Waals surface area contributed by atoms with Crippen LogP contribution in [-0.4, -0.2) is 16.9 Å². The van der Waals surface area contributed by atoms with E-state index in [1.54, 1.807) is 37.2 Å². The van der Waals surface area contributed by atoms with Crippen LogP contribution in [-0.2, 0) is 7.05 Å². The lowest BCUT2D eigenvalue weighted by Gasteiger charge is -2.14. The number of ether oxygens (including phenoxy) is 1. The zero-order valence-electron chi connectivity index (χ0n) is 9.72. The van der Waals surface area contributed by atoms with E-state index in [-0.39, 0.29) is 5.82 Å². The first kappa shape index (κ1) is 11.6. The highest BCUT2D eigenvalue weighted by atomic mass is 19.1. The second kappa shape index (κ2) is 4.55. The molecule has 0 aliphatic rings. The number of hydrogen-bond acceptors (Lipinski definition) is 3. The van der Waals surface area contributed by atoms with Crippen molar-refractivity contribution in [1.29, 1.82) is 0 Å². The molecule has 0 saturated carbocycles. The van der Waals surface area contributed by atoms with Gasteiger partial charge in [0.05, 0.1) is 19.3 Å². The summed E-state index contributed by atoms with van der Waals surface area (Å²) in [5.74, 6) is 0.295. The van der Waals surface area contributed by atoms with E-state index >= 15 is 0 Å². The fraction of sp³-hybridized carbons (Fsp3) is 0.250. The van der Waals surface area contributed by atoms with Crippen molar-refractivity contribution in [2.45, 2.75) is 6.04 Å². The highest BCUT2D eigenvalue weighted by molar-refractivity contribution is 5.35. The van der Waals surface area contributed by atoms with Crippen molar-refractivity contribution in [3.63, 3.8) is 0 Å². The van der Waals surface area contributed by atoms with E-state index in [2.05, 4.69) is 5.10 Å². The standard InChI is InChI=1S/C12H14FN3O/c1-16-12(10(17-2)7-15-16)11(14)8-4-3-5-9(13)6-8/h3-7,11H,14H2,1-2H3. The third kappa shape index (κ3) is 2.14. The summed E-state index contributed by atoms with van der Waals surface area (Å²) in [5, 5.41) is 4.07. The normalized spacial score (nSPS) is 12.5. The number of halogens is 1. The minimum Gasteiger partial charge on any atom is -0.493 e. The van der Waals surface area contributed by atoms with E-state index in [0.717, 1.165) is 5.69 Å². The van der Waals surface area contributed by atoms with Crippen LogP contribution in [0.15, 0.2) is 30.5 Å². The monoisotopic (exact) mass is 235 g/mol. The number of rotatable bonds is 3. The molecule has 2 aromatic rings. The van der Waals surface area contributed by atoms with E-state index in [4.69, 9.17) is 10.5 Å². The van der Waals surface area contributed by atoms with Crippen molar-refractivity contribution in [1.82, 2.24) is 9.78 Å². The molecule has 0 aliphatic carbocycles. The molecule has 1 heterocycles. The minimum absolute atomic E-state index is 0.306. The molecule has 0 fully saturated rings. The number of methoxy groups -OCH3 is 1. The minimum atomic E-state index is -0.465. The number of benzene rings is 1. The summed E-state index contributed by atoms with van der Waals surface area (Å²) in [4.78, 5) is 0. The van der Waals surface area contributed by atoms with Crippen molar-refractivity contribution in [3.8, 4) is 5.75 Å². The summed E-state index contributed by atoms with van der Waals surface area (Å²) in [5.41, 5.74) is 7.51. The lowest BCUT2D eigenvalue weighted by Crippen LogP contribution is -2.17. The Morgan fingerprint density at radius 1 is 1.47 bits per heavy atom. The molecule has 0 saturated heterocycles. The lowest BCUT2D eigenvalue weighted by atomic mass is 10.0. The molecule has 17 heavy (non-hydrogen) atoms. The van der Waals surface area contributed by atoms with Gasteiger partial charge < -0.3 is 10.5 Å². The van der Waals surface area contributed by atoms with Crippen molar-refractivity contribution >= 4 is 0 Å². The second-order valence-corrected chi connectivity index (χ2v) is 3.75. The summed E-state index contributed by atoms with van der Waals surface area (Å²) < 4.78 is 20.0. The molecular weight excluding hydrogens is 221 g/mol. The Morgan fingerprint density at radius 2 is 2.24 bits per heavy atom. The fourth-order valence-electron chi connectivity index (χ4n) is 1.80. The first-order valence-corrected chi connectivity index (χ1v) is 5.20. The predicted molar refractivity (Wildman–Crippen MR) is 62.2 cm³/mol. The molecule has 4 nitrogen and oxygen atoms in total. The van der Waals surface area contributed by atoms with Crippen LogP contribution < -0.4 is 10.5 Å². The third-order valence-electron chi connectivity index (χ3n) is 2.67. The number of aryl methyl sites for hydroxylation is 1. The molecular formula is C12H14FN3O. The highest BCUT2D eigenvalue weighted by Crippen LogP contribution is 2.27. The smallest absolute Gasteiger partial charge is 0.161 e. The predicted octanol–water partition coefficient (Wildman–Crippen LogP) is 1.62. The van der Waals surface area contributed by atoms with Crippen LogP contribution in [0.5, 0.6) is 5.75 Å². The van der Waals surface area contributed by atoms with Gasteiger partial charge in [-0.05, 0) is 17.7 Å². The average molecular weight is 235 g/mol. The topological polar surface area (TPSA) is 53.1 Å². The fourth-order valence-corrected chi connectivity index (χ4v) is 1.80. The molecule has 5 heteroatoms. The maximum Gasteiger partial charge on any atom is 0.161 e. The summed E-state index contributed by atoms with van der Waals surface area (Å²) in [7, 11) is 3.33. The molecule has 1 aromatic heterocycles. The second-order valence-electron chi connectivity index (χ2n) is 3.75. The van der Waals surface area contributed by atoms with Crippen LogP contribution in [0.3, 0.4) is 0 Å². The lowest BCUT2D eigenvalue weighted by molar-refractivity contribution is 0.406. The van der Waals surface area contributed by atoms with E-state index in [9.17, 15) is 4.39 Å². The molecule has 1 atom stereocenters. The summed E-state index contributed by atoms with van der Waals surface area (Å²) in [6.07, 6.45) is 1.59. The molecule has 0 radical (unpaired) electrons. The van der Waals surface area contributed by atoms with Gasteiger partial charge in [0.15, 0.2) is 5.75 Å². The molecule has 0 spiro atoms. The summed E-state index contributed by atoms with van der Waals surface area (Å²) in [6.45, 7) is 0. The Bertz CT molecular complexity index is 524. The number of aromatic nitrogens is 2. The van der Waals surface area contributed by atoms with Gasteiger partial charge in [-0.2, -0.15) is 5.10 Å². The van der Waals surface area contributed by atoms with Crippen LogP contribution in [0.4, 0.5) is 4.39 Å². The summed E-state index contributed by atoms with van der Waals surface area (Å²) >= 11 is 0. The quantitative estimate of drug-likeness (QED) is 0.879. The third-order valence-corrected chi connectivity index (χ3v) is 2.67. The Kier molecular flexibility index (Phi) is 3.10. The Morgan fingerprint density at radius 3 is 2.88 bits per heavy atom. The molecule has 0 bridgehead atoms. The number of nitrogens with zero attached hydrogens (tertiary/aromatic N) is 2. The molecule has 2 rings (SSSR count). The van der Waals surface area contributed by atoms with E-state index in [0.29, 0.717) is 11.3 Å². The van der Waals surface area contributed by atoms with Gasteiger partial charge in [0.1, 0.15) is 11.5 Å². The molecule has 1 aromatic carbocycles. The van der Waals surface area contributed by atoms with Gasteiger partial charge in [-0.15, -0.1) is 0 Å². The van der Waals surface area contributed by atoms with Gasteiger partial charge in [0, 0.05) is 7.05 Å². The van der Waals surface area contributed by atoms with Gasteiger partial charge in [-0.25, -0.2) is 4.39 Å². The number of nitrogens with two attached hydrogens (primary N) is 1. The van der Waals surface area contributed by atoms with E-state index in [1.807, 2.05) is 0 Å². The van der Waals surface area contributed by atoms with Gasteiger partial charge in [-0.1, -0.05) is 12.1 Å². The van der Waals surface area contributed by atoms with Gasteiger partial charge in [0.25, 0.3) is 0 Å². The van der Waals surface area contributed by atoms with Crippen molar-refractivity contribution in [2.75, 3.05) is 7.11 Å². The summed E-state index contributed by atoms with van der Waals surface area (Å²) in [6, 6.07) is 5.75. The average Bonchev–Trinajstić information content (AvgIpc) is 2.69.